The lowest BCUT2D eigenvalue weighted by molar-refractivity contribution is 0.0944. The van der Waals surface area contributed by atoms with E-state index in [0.717, 1.165) is 11.6 Å². The van der Waals surface area contributed by atoms with E-state index in [0.29, 0.717) is 16.5 Å². The molecule has 4 nitrogen and oxygen atoms in total. The van der Waals surface area contributed by atoms with Gasteiger partial charge in [0, 0.05) is 17.0 Å². The van der Waals surface area contributed by atoms with Crippen LogP contribution in [-0.2, 0) is 0 Å². The van der Waals surface area contributed by atoms with E-state index >= 15 is 0 Å². The van der Waals surface area contributed by atoms with E-state index in [1.54, 1.807) is 12.1 Å². The van der Waals surface area contributed by atoms with Crippen molar-refractivity contribution in [3.05, 3.63) is 118 Å². The molecule has 0 fully saturated rings. The van der Waals surface area contributed by atoms with Crippen LogP contribution in [0.25, 0.3) is 10.9 Å². The number of benzene rings is 3. The molecule has 6 heteroatoms. The maximum atomic E-state index is 13.8. The summed E-state index contributed by atoms with van der Waals surface area (Å²) in [6, 6.07) is 19.4. The second kappa shape index (κ2) is 7.67. The molecule has 1 amide bonds. The van der Waals surface area contributed by atoms with E-state index in [9.17, 15) is 18.4 Å². The van der Waals surface area contributed by atoms with Gasteiger partial charge in [-0.2, -0.15) is 0 Å². The van der Waals surface area contributed by atoms with Crippen LogP contribution in [0.5, 0.6) is 0 Å². The molecule has 0 spiro atoms. The standard InChI is InChI=1S/C23H16F2N2O2/c24-16-8-6-15(7-9-16)22(14-4-2-1-3-5-14)27-23(29)19-13-21(28)26-20-11-10-17(25)12-18(19)20/h1-13,22H,(H,26,28)(H,27,29). The molecule has 0 saturated heterocycles. The molecule has 0 radical (unpaired) electrons. The van der Waals surface area contributed by atoms with Gasteiger partial charge in [-0.15, -0.1) is 0 Å². The first-order valence-corrected chi connectivity index (χ1v) is 8.95. The van der Waals surface area contributed by atoms with Crippen molar-refractivity contribution in [3.63, 3.8) is 0 Å². The highest BCUT2D eigenvalue weighted by molar-refractivity contribution is 6.06. The number of carbonyl (C=O) groups excluding carboxylic acids is 1. The Kier molecular flexibility index (Phi) is 4.91. The zero-order valence-corrected chi connectivity index (χ0v) is 15.2. The number of carbonyl (C=O) groups is 1. The molecule has 144 valence electrons. The Morgan fingerprint density at radius 2 is 1.48 bits per heavy atom. The lowest BCUT2D eigenvalue weighted by Gasteiger charge is -2.20. The molecule has 4 aromatic rings. The molecule has 0 saturated carbocycles. The molecule has 0 aliphatic carbocycles. The fourth-order valence-electron chi connectivity index (χ4n) is 3.28. The average Bonchev–Trinajstić information content (AvgIpc) is 2.73. The van der Waals surface area contributed by atoms with Crippen molar-refractivity contribution in [1.82, 2.24) is 10.3 Å². The maximum absolute atomic E-state index is 13.8. The van der Waals surface area contributed by atoms with E-state index in [1.807, 2.05) is 30.3 Å². The molecule has 4 rings (SSSR count). The average molecular weight is 390 g/mol. The summed E-state index contributed by atoms with van der Waals surface area (Å²) in [5, 5.41) is 3.19. The lowest BCUT2D eigenvalue weighted by atomic mass is 9.98. The molecule has 1 atom stereocenters. The van der Waals surface area contributed by atoms with Gasteiger partial charge in [-0.1, -0.05) is 42.5 Å². The fourth-order valence-corrected chi connectivity index (χ4v) is 3.28. The summed E-state index contributed by atoms with van der Waals surface area (Å²) in [6.07, 6.45) is 0. The van der Waals surface area contributed by atoms with Crippen LogP contribution in [0.2, 0.25) is 0 Å². The Bertz CT molecular complexity index is 1240. The molecular weight excluding hydrogens is 374 g/mol. The van der Waals surface area contributed by atoms with Crippen LogP contribution in [0.4, 0.5) is 8.78 Å². The monoisotopic (exact) mass is 390 g/mol. The van der Waals surface area contributed by atoms with Crippen molar-refractivity contribution in [3.8, 4) is 0 Å². The third kappa shape index (κ3) is 3.91. The predicted octanol–water partition coefficient (Wildman–Crippen LogP) is 4.33. The minimum absolute atomic E-state index is 0.0614. The van der Waals surface area contributed by atoms with Crippen LogP contribution in [-0.4, -0.2) is 10.9 Å². The van der Waals surface area contributed by atoms with Gasteiger partial charge in [0.15, 0.2) is 0 Å². The topological polar surface area (TPSA) is 62.0 Å². The number of amides is 1. The third-order valence-electron chi connectivity index (χ3n) is 4.66. The Hall–Kier alpha value is -3.80. The summed E-state index contributed by atoms with van der Waals surface area (Å²) in [4.78, 5) is 27.7. The normalized spacial score (nSPS) is 11.9. The van der Waals surface area contributed by atoms with Crippen molar-refractivity contribution in [2.45, 2.75) is 6.04 Å². The Labute approximate surface area is 164 Å². The summed E-state index contributed by atoms with van der Waals surface area (Å²) in [7, 11) is 0. The van der Waals surface area contributed by atoms with Gasteiger partial charge in [0.25, 0.3) is 5.91 Å². The highest BCUT2D eigenvalue weighted by Gasteiger charge is 2.20. The van der Waals surface area contributed by atoms with Crippen LogP contribution < -0.4 is 10.9 Å². The largest absolute Gasteiger partial charge is 0.341 e. The zero-order chi connectivity index (χ0) is 20.4. The third-order valence-corrected chi connectivity index (χ3v) is 4.66. The number of fused-ring (bicyclic) bond motifs is 1. The number of pyridine rings is 1. The number of aromatic nitrogens is 1. The quantitative estimate of drug-likeness (QED) is 0.545. The van der Waals surface area contributed by atoms with Gasteiger partial charge in [-0.3, -0.25) is 9.59 Å². The summed E-state index contributed by atoms with van der Waals surface area (Å²) < 4.78 is 27.1. The SMILES string of the molecule is O=C(NC(c1ccccc1)c1ccc(F)cc1)c1cc(=O)[nH]c2ccc(F)cc12. The number of nitrogens with one attached hydrogen (secondary N) is 2. The molecule has 3 aromatic carbocycles. The van der Waals surface area contributed by atoms with Crippen molar-refractivity contribution in [1.29, 1.82) is 0 Å². The Balaban J connectivity index is 1.78. The van der Waals surface area contributed by atoms with Crippen LogP contribution in [0.3, 0.4) is 0 Å². The minimum atomic E-state index is -0.577. The number of hydrogen-bond donors (Lipinski definition) is 2. The zero-order valence-electron chi connectivity index (χ0n) is 15.2. The fraction of sp³-hybridized carbons (Fsp3) is 0.0435. The van der Waals surface area contributed by atoms with Gasteiger partial charge in [0.05, 0.1) is 11.6 Å². The summed E-state index contributed by atoms with van der Waals surface area (Å²) in [6.45, 7) is 0. The van der Waals surface area contributed by atoms with Gasteiger partial charge >= 0.3 is 0 Å². The van der Waals surface area contributed by atoms with Crippen molar-refractivity contribution in [2.75, 3.05) is 0 Å². The van der Waals surface area contributed by atoms with Crippen LogP contribution in [0.15, 0.2) is 83.7 Å². The van der Waals surface area contributed by atoms with E-state index in [1.165, 1.54) is 30.3 Å². The smallest absolute Gasteiger partial charge is 0.252 e. The molecule has 0 aliphatic heterocycles. The molecule has 1 aromatic heterocycles. The molecule has 1 unspecified atom stereocenters. The first-order valence-electron chi connectivity index (χ1n) is 8.95. The molecular formula is C23H16F2N2O2. The minimum Gasteiger partial charge on any atom is -0.341 e. The van der Waals surface area contributed by atoms with Gasteiger partial charge in [0.1, 0.15) is 11.6 Å². The first-order chi connectivity index (χ1) is 14.0. The van der Waals surface area contributed by atoms with E-state index < -0.39 is 23.3 Å². The van der Waals surface area contributed by atoms with Crippen LogP contribution in [0, 0.1) is 11.6 Å². The molecule has 29 heavy (non-hydrogen) atoms. The summed E-state index contributed by atoms with van der Waals surface area (Å²) in [5.74, 6) is -1.44. The number of halogens is 2. The molecule has 0 aliphatic rings. The van der Waals surface area contributed by atoms with Crippen LogP contribution in [0.1, 0.15) is 27.5 Å². The van der Waals surface area contributed by atoms with Crippen molar-refractivity contribution in [2.24, 2.45) is 0 Å². The molecule has 1 heterocycles. The van der Waals surface area contributed by atoms with E-state index in [-0.39, 0.29) is 11.4 Å². The Morgan fingerprint density at radius 1 is 0.828 bits per heavy atom. The van der Waals surface area contributed by atoms with Crippen LogP contribution >= 0.6 is 0 Å². The Morgan fingerprint density at radius 3 is 2.21 bits per heavy atom. The van der Waals surface area contributed by atoms with Crippen molar-refractivity contribution < 1.29 is 13.6 Å². The first kappa shape index (κ1) is 18.6. The highest BCUT2D eigenvalue weighted by Crippen LogP contribution is 2.24. The lowest BCUT2D eigenvalue weighted by Crippen LogP contribution is -2.30. The summed E-state index contributed by atoms with van der Waals surface area (Å²) in [5.41, 5.74) is 1.42. The van der Waals surface area contributed by atoms with Gasteiger partial charge in [-0.05, 0) is 41.5 Å². The second-order valence-electron chi connectivity index (χ2n) is 6.61. The van der Waals surface area contributed by atoms with E-state index in [2.05, 4.69) is 10.3 Å². The number of hydrogen-bond acceptors (Lipinski definition) is 2. The number of rotatable bonds is 4. The number of H-pyrrole nitrogens is 1. The predicted molar refractivity (Wildman–Crippen MR) is 107 cm³/mol. The van der Waals surface area contributed by atoms with Gasteiger partial charge in [-0.25, -0.2) is 8.78 Å². The highest BCUT2D eigenvalue weighted by atomic mass is 19.1. The van der Waals surface area contributed by atoms with E-state index in [4.69, 9.17) is 0 Å². The van der Waals surface area contributed by atoms with Gasteiger partial charge in [0.2, 0.25) is 5.56 Å². The molecule has 2 N–H and O–H groups in total. The number of aromatic amines is 1. The van der Waals surface area contributed by atoms with Gasteiger partial charge < -0.3 is 10.3 Å². The second-order valence-corrected chi connectivity index (χ2v) is 6.61. The summed E-state index contributed by atoms with van der Waals surface area (Å²) >= 11 is 0. The van der Waals surface area contributed by atoms with Crippen molar-refractivity contribution >= 4 is 16.8 Å². The maximum Gasteiger partial charge on any atom is 0.252 e. The molecule has 0 bridgehead atoms.